The summed E-state index contributed by atoms with van der Waals surface area (Å²) in [4.78, 5) is 14.1. The van der Waals surface area contributed by atoms with Crippen molar-refractivity contribution in [2.75, 3.05) is 20.1 Å². The molecule has 2 fully saturated rings. The zero-order chi connectivity index (χ0) is 11.6. The van der Waals surface area contributed by atoms with Crippen LogP contribution in [0.1, 0.15) is 45.4 Å². The highest BCUT2D eigenvalue weighted by molar-refractivity contribution is 5.76. The van der Waals surface area contributed by atoms with E-state index in [0.717, 1.165) is 32.4 Å². The molecule has 1 saturated heterocycles. The minimum atomic E-state index is 0.243. The van der Waals surface area contributed by atoms with Crippen LogP contribution >= 0.6 is 0 Å². The number of hydrogen-bond acceptors (Lipinski definition) is 2. The van der Waals surface area contributed by atoms with Gasteiger partial charge in [-0.3, -0.25) is 4.79 Å². The van der Waals surface area contributed by atoms with E-state index in [1.807, 2.05) is 7.05 Å². The smallest absolute Gasteiger partial charge is 0.222 e. The van der Waals surface area contributed by atoms with Crippen LogP contribution in [0.4, 0.5) is 0 Å². The number of nitrogens with zero attached hydrogens (tertiary/aromatic N) is 1. The lowest BCUT2D eigenvalue weighted by Crippen LogP contribution is -2.51. The van der Waals surface area contributed by atoms with Gasteiger partial charge < -0.3 is 10.2 Å². The van der Waals surface area contributed by atoms with Crippen LogP contribution in [0.25, 0.3) is 0 Å². The summed E-state index contributed by atoms with van der Waals surface area (Å²) in [6.45, 7) is 4.12. The fourth-order valence-electron chi connectivity index (χ4n) is 2.57. The maximum absolute atomic E-state index is 12.0. The Morgan fingerprint density at radius 1 is 1.38 bits per heavy atom. The van der Waals surface area contributed by atoms with E-state index in [0.29, 0.717) is 11.8 Å². The molecule has 0 atom stereocenters. The number of rotatable bonds is 3. The third-order valence-corrected chi connectivity index (χ3v) is 4.51. The van der Waals surface area contributed by atoms with E-state index in [1.165, 1.54) is 19.3 Å². The largest absolute Gasteiger partial charge is 0.343 e. The first-order valence-corrected chi connectivity index (χ1v) is 6.60. The maximum Gasteiger partial charge on any atom is 0.222 e. The lowest BCUT2D eigenvalue weighted by atomic mass is 9.82. The molecule has 0 aromatic rings. The molecule has 1 saturated carbocycles. The van der Waals surface area contributed by atoms with E-state index < -0.39 is 0 Å². The summed E-state index contributed by atoms with van der Waals surface area (Å²) < 4.78 is 0. The number of likely N-dealkylation sites (tertiary alicyclic amines) is 1. The molecule has 1 amide bonds. The van der Waals surface area contributed by atoms with Crippen LogP contribution in [-0.4, -0.2) is 36.5 Å². The molecule has 0 aromatic carbocycles. The molecule has 1 aliphatic carbocycles. The topological polar surface area (TPSA) is 32.3 Å². The fourth-order valence-corrected chi connectivity index (χ4v) is 2.57. The Morgan fingerprint density at radius 2 is 2.00 bits per heavy atom. The molecule has 0 spiro atoms. The Kier molecular flexibility index (Phi) is 3.53. The van der Waals surface area contributed by atoms with Crippen LogP contribution in [0.15, 0.2) is 0 Å². The quantitative estimate of drug-likeness (QED) is 0.792. The van der Waals surface area contributed by atoms with Gasteiger partial charge in [0.2, 0.25) is 5.91 Å². The van der Waals surface area contributed by atoms with Crippen LogP contribution in [0.5, 0.6) is 0 Å². The second-order valence-electron chi connectivity index (χ2n) is 5.69. The van der Waals surface area contributed by atoms with E-state index in [2.05, 4.69) is 17.1 Å². The van der Waals surface area contributed by atoms with Gasteiger partial charge in [-0.05, 0) is 45.6 Å². The number of hydrogen-bond donors (Lipinski definition) is 1. The maximum atomic E-state index is 12.0. The summed E-state index contributed by atoms with van der Waals surface area (Å²) in [5, 5.41) is 3.36. The normalized spacial score (nSPS) is 25.2. The summed E-state index contributed by atoms with van der Waals surface area (Å²) in [5.41, 5.74) is 0.243. The summed E-state index contributed by atoms with van der Waals surface area (Å²) in [7, 11) is 2.02. The molecule has 0 bridgehead atoms. The monoisotopic (exact) mass is 224 g/mol. The van der Waals surface area contributed by atoms with E-state index in [9.17, 15) is 4.79 Å². The van der Waals surface area contributed by atoms with Crippen LogP contribution in [0.2, 0.25) is 0 Å². The van der Waals surface area contributed by atoms with Crippen LogP contribution < -0.4 is 5.32 Å². The van der Waals surface area contributed by atoms with Crippen LogP contribution in [0, 0.1) is 5.92 Å². The summed E-state index contributed by atoms with van der Waals surface area (Å²) in [6, 6.07) is 0. The number of nitrogens with one attached hydrogen (secondary N) is 1. The molecular formula is C13H24N2O. The molecule has 2 aliphatic rings. The first kappa shape index (κ1) is 11.9. The molecule has 1 N–H and O–H groups in total. The van der Waals surface area contributed by atoms with E-state index in [1.54, 1.807) is 0 Å². The third-order valence-electron chi connectivity index (χ3n) is 4.51. The van der Waals surface area contributed by atoms with Gasteiger partial charge in [-0.2, -0.15) is 0 Å². The fraction of sp³-hybridized carbons (Fsp3) is 0.923. The SMILES string of the molecule is CNC1(C)CCN(C(=O)CC2CCC2)CC1. The minimum absolute atomic E-state index is 0.243. The molecule has 2 rings (SSSR count). The van der Waals surface area contributed by atoms with Gasteiger partial charge in [-0.1, -0.05) is 6.42 Å². The third kappa shape index (κ3) is 2.57. The molecular weight excluding hydrogens is 200 g/mol. The molecule has 3 heteroatoms. The van der Waals surface area contributed by atoms with Crippen molar-refractivity contribution in [2.45, 2.75) is 51.0 Å². The van der Waals surface area contributed by atoms with E-state index >= 15 is 0 Å². The van der Waals surface area contributed by atoms with E-state index in [-0.39, 0.29) is 5.54 Å². The van der Waals surface area contributed by atoms with Gasteiger partial charge in [0.25, 0.3) is 0 Å². The van der Waals surface area contributed by atoms with Crippen LogP contribution in [-0.2, 0) is 4.79 Å². The Labute approximate surface area is 98.6 Å². The molecule has 16 heavy (non-hydrogen) atoms. The Hall–Kier alpha value is -0.570. The molecule has 1 heterocycles. The van der Waals surface area contributed by atoms with Crippen molar-refractivity contribution in [1.82, 2.24) is 10.2 Å². The summed E-state index contributed by atoms with van der Waals surface area (Å²) in [5.74, 6) is 1.09. The zero-order valence-electron chi connectivity index (χ0n) is 10.6. The van der Waals surface area contributed by atoms with Gasteiger partial charge in [0.05, 0.1) is 0 Å². The Balaban J connectivity index is 1.77. The first-order chi connectivity index (χ1) is 7.63. The predicted octanol–water partition coefficient (Wildman–Crippen LogP) is 1.78. The molecule has 92 valence electrons. The Bertz CT molecular complexity index is 253. The van der Waals surface area contributed by atoms with Gasteiger partial charge >= 0.3 is 0 Å². The highest BCUT2D eigenvalue weighted by Gasteiger charge is 2.31. The van der Waals surface area contributed by atoms with Gasteiger partial charge in [0.15, 0.2) is 0 Å². The predicted molar refractivity (Wildman–Crippen MR) is 65.2 cm³/mol. The lowest BCUT2D eigenvalue weighted by molar-refractivity contribution is -0.134. The second kappa shape index (κ2) is 4.74. The van der Waals surface area contributed by atoms with Crippen molar-refractivity contribution in [3.8, 4) is 0 Å². The average molecular weight is 224 g/mol. The van der Waals surface area contributed by atoms with Gasteiger partial charge in [0.1, 0.15) is 0 Å². The molecule has 0 radical (unpaired) electrons. The van der Waals surface area contributed by atoms with Gasteiger partial charge in [-0.15, -0.1) is 0 Å². The second-order valence-corrected chi connectivity index (χ2v) is 5.69. The highest BCUT2D eigenvalue weighted by Crippen LogP contribution is 2.30. The van der Waals surface area contributed by atoms with E-state index in [4.69, 9.17) is 0 Å². The average Bonchev–Trinajstić information content (AvgIpc) is 2.24. The number of carbonyl (C=O) groups is 1. The summed E-state index contributed by atoms with van der Waals surface area (Å²) >= 11 is 0. The Morgan fingerprint density at radius 3 is 2.44 bits per heavy atom. The molecule has 3 nitrogen and oxygen atoms in total. The van der Waals surface area contributed by atoms with Gasteiger partial charge in [0, 0.05) is 25.0 Å². The number of amides is 1. The van der Waals surface area contributed by atoms with Crippen LogP contribution in [0.3, 0.4) is 0 Å². The molecule has 1 aliphatic heterocycles. The minimum Gasteiger partial charge on any atom is -0.343 e. The standard InChI is InChI=1S/C13H24N2O/c1-13(14-2)6-8-15(9-7-13)12(16)10-11-4-3-5-11/h11,14H,3-10H2,1-2H3. The van der Waals surface area contributed by atoms with Crippen molar-refractivity contribution in [1.29, 1.82) is 0 Å². The van der Waals surface area contributed by atoms with Crippen molar-refractivity contribution >= 4 is 5.91 Å². The number of carbonyl (C=O) groups excluding carboxylic acids is 1. The zero-order valence-corrected chi connectivity index (χ0v) is 10.6. The molecule has 0 unspecified atom stereocenters. The lowest BCUT2D eigenvalue weighted by Gasteiger charge is -2.40. The molecule has 0 aromatic heterocycles. The van der Waals surface area contributed by atoms with Crippen molar-refractivity contribution in [2.24, 2.45) is 5.92 Å². The van der Waals surface area contributed by atoms with Crippen molar-refractivity contribution in [3.63, 3.8) is 0 Å². The van der Waals surface area contributed by atoms with Crippen molar-refractivity contribution < 1.29 is 4.79 Å². The van der Waals surface area contributed by atoms with Gasteiger partial charge in [-0.25, -0.2) is 0 Å². The first-order valence-electron chi connectivity index (χ1n) is 6.60. The highest BCUT2D eigenvalue weighted by atomic mass is 16.2. The number of piperidine rings is 1. The van der Waals surface area contributed by atoms with Crippen molar-refractivity contribution in [3.05, 3.63) is 0 Å². The summed E-state index contributed by atoms with van der Waals surface area (Å²) in [6.07, 6.45) is 6.84.